The van der Waals surface area contributed by atoms with E-state index < -0.39 is 0 Å². The molecule has 0 aliphatic rings. The van der Waals surface area contributed by atoms with E-state index in [1.54, 1.807) is 7.05 Å². The molecular weight excluding hydrogens is 148 g/mol. The van der Waals surface area contributed by atoms with Gasteiger partial charge in [0, 0.05) is 7.05 Å². The predicted octanol–water partition coefficient (Wildman–Crippen LogP) is 0.985. The lowest BCUT2D eigenvalue weighted by Crippen LogP contribution is -2.17. The molecule has 0 saturated carbocycles. The van der Waals surface area contributed by atoms with E-state index in [-0.39, 0.29) is 0 Å². The molecule has 1 N–H and O–H groups in total. The van der Waals surface area contributed by atoms with Crippen LogP contribution in [0, 0.1) is 0 Å². The van der Waals surface area contributed by atoms with Crippen molar-refractivity contribution in [3.05, 3.63) is 11.5 Å². The summed E-state index contributed by atoms with van der Waals surface area (Å²) in [6.45, 7) is 5.50. The Bertz CT molecular complexity index is 165. The van der Waals surface area contributed by atoms with Crippen molar-refractivity contribution in [1.29, 1.82) is 0 Å². The molecule has 4 heteroatoms. The normalized spacial score (nSPS) is 10.8. The number of carbonyl (C=O) groups excluding carboxylic acids is 1. The third-order valence-corrected chi connectivity index (χ3v) is 1.50. The highest BCUT2D eigenvalue weighted by molar-refractivity contribution is 8.17. The Balaban J connectivity index is 3.84. The van der Waals surface area contributed by atoms with Gasteiger partial charge in [0.1, 0.15) is 0 Å². The summed E-state index contributed by atoms with van der Waals surface area (Å²) in [5.74, 6) is 0. The van der Waals surface area contributed by atoms with Gasteiger partial charge in [0.15, 0.2) is 5.17 Å². The summed E-state index contributed by atoms with van der Waals surface area (Å²) in [6.07, 6.45) is 0.596. The number of carbonyl (C=O) groups is 1. The molecule has 0 fully saturated rings. The molecule has 0 atom stereocenters. The minimum atomic E-state index is 0.572. The molecule has 10 heavy (non-hydrogen) atoms. The van der Waals surface area contributed by atoms with Crippen molar-refractivity contribution in [1.82, 2.24) is 5.32 Å². The maximum absolute atomic E-state index is 9.92. The van der Waals surface area contributed by atoms with Crippen LogP contribution in [0.1, 0.15) is 6.92 Å². The summed E-state index contributed by atoms with van der Waals surface area (Å²) in [5, 5.41) is 3.01. The third kappa shape index (κ3) is 4.14. The fourth-order valence-corrected chi connectivity index (χ4v) is 0.883. The lowest BCUT2D eigenvalue weighted by molar-refractivity contribution is -0.108. The minimum Gasteiger partial charge on any atom is -0.308 e. The predicted molar refractivity (Wildman–Crippen MR) is 45.0 cm³/mol. The Morgan fingerprint density at radius 2 is 2.40 bits per heavy atom. The summed E-state index contributed by atoms with van der Waals surface area (Å²) in [6, 6.07) is 0. The first kappa shape index (κ1) is 9.23. The van der Waals surface area contributed by atoms with Gasteiger partial charge in [-0.05, 0) is 11.8 Å². The molecule has 3 nitrogen and oxygen atoms in total. The quantitative estimate of drug-likeness (QED) is 0.370. The topological polar surface area (TPSA) is 41.5 Å². The molecule has 0 rings (SSSR count). The summed E-state index contributed by atoms with van der Waals surface area (Å²) in [5.41, 5.74) is 0. The highest BCUT2D eigenvalue weighted by atomic mass is 32.2. The number of hydrogen-bond acceptors (Lipinski definition) is 3. The zero-order valence-corrected chi connectivity index (χ0v) is 6.86. The number of amides is 1. The Morgan fingerprint density at radius 1 is 1.80 bits per heavy atom. The molecule has 0 aromatic heterocycles. The fraction of sp³-hybridized carbons (Fsp3) is 0.333. The van der Waals surface area contributed by atoms with Gasteiger partial charge in [-0.3, -0.25) is 9.79 Å². The number of nitrogens with one attached hydrogen (secondary N) is 1. The second-order valence-corrected chi connectivity index (χ2v) is 2.88. The number of amidine groups is 1. The van der Waals surface area contributed by atoms with Gasteiger partial charge >= 0.3 is 0 Å². The first-order valence-electron chi connectivity index (χ1n) is 2.71. The van der Waals surface area contributed by atoms with Crippen molar-refractivity contribution < 1.29 is 4.79 Å². The van der Waals surface area contributed by atoms with Crippen LogP contribution in [0.15, 0.2) is 16.5 Å². The van der Waals surface area contributed by atoms with E-state index in [1.165, 1.54) is 11.8 Å². The number of thioether (sulfide) groups is 1. The molecule has 0 aliphatic heterocycles. The van der Waals surface area contributed by atoms with Crippen molar-refractivity contribution in [3.8, 4) is 0 Å². The number of rotatable bonds is 2. The molecule has 0 heterocycles. The standard InChI is InChI=1S/C6H10N2OS/c1-5(2)10-6(7-3)8-4-9/h4H,1H2,2-3H3,(H,7,8,9). The van der Waals surface area contributed by atoms with E-state index in [1.807, 2.05) is 6.92 Å². The zero-order chi connectivity index (χ0) is 7.98. The molecule has 1 amide bonds. The highest BCUT2D eigenvalue weighted by Crippen LogP contribution is 2.11. The van der Waals surface area contributed by atoms with Crippen LogP contribution >= 0.6 is 11.8 Å². The monoisotopic (exact) mass is 158 g/mol. The van der Waals surface area contributed by atoms with Crippen LogP contribution in [0.2, 0.25) is 0 Å². The van der Waals surface area contributed by atoms with Crippen LogP contribution in [-0.4, -0.2) is 18.6 Å². The highest BCUT2D eigenvalue weighted by Gasteiger charge is 1.95. The van der Waals surface area contributed by atoms with Crippen LogP contribution in [-0.2, 0) is 4.79 Å². The summed E-state index contributed by atoms with van der Waals surface area (Å²) >= 11 is 1.34. The third-order valence-electron chi connectivity index (χ3n) is 0.656. The maximum atomic E-state index is 9.92. The van der Waals surface area contributed by atoms with Crippen molar-refractivity contribution in [3.63, 3.8) is 0 Å². The summed E-state index contributed by atoms with van der Waals surface area (Å²) in [4.78, 5) is 14.6. The molecule has 0 spiro atoms. The average molecular weight is 158 g/mol. The minimum absolute atomic E-state index is 0.572. The van der Waals surface area contributed by atoms with Crippen molar-refractivity contribution in [2.24, 2.45) is 4.99 Å². The average Bonchev–Trinajstić information content (AvgIpc) is 1.86. The Labute approximate surface area is 64.6 Å². The first-order valence-corrected chi connectivity index (χ1v) is 3.52. The smallest absolute Gasteiger partial charge is 0.213 e. The molecule has 56 valence electrons. The molecule has 0 unspecified atom stereocenters. The molecule has 0 radical (unpaired) electrons. The van der Waals surface area contributed by atoms with Gasteiger partial charge in [0.25, 0.3) is 0 Å². The Morgan fingerprint density at radius 3 is 2.70 bits per heavy atom. The molecule has 0 bridgehead atoms. The van der Waals surface area contributed by atoms with Crippen LogP contribution in [0.25, 0.3) is 0 Å². The van der Waals surface area contributed by atoms with Crippen LogP contribution in [0.4, 0.5) is 0 Å². The molecule has 0 saturated heterocycles. The van der Waals surface area contributed by atoms with E-state index in [0.29, 0.717) is 11.6 Å². The van der Waals surface area contributed by atoms with Gasteiger partial charge in [0.2, 0.25) is 6.41 Å². The van der Waals surface area contributed by atoms with E-state index in [4.69, 9.17) is 0 Å². The zero-order valence-electron chi connectivity index (χ0n) is 6.05. The van der Waals surface area contributed by atoms with Crippen LogP contribution in [0.5, 0.6) is 0 Å². The van der Waals surface area contributed by atoms with Gasteiger partial charge in [-0.25, -0.2) is 0 Å². The van der Waals surface area contributed by atoms with E-state index in [9.17, 15) is 4.79 Å². The second-order valence-electron chi connectivity index (χ2n) is 1.60. The van der Waals surface area contributed by atoms with Crippen molar-refractivity contribution >= 4 is 23.3 Å². The SMILES string of the molecule is C=C(C)SC(=NC)NC=O. The molecule has 0 aliphatic carbocycles. The van der Waals surface area contributed by atoms with Crippen molar-refractivity contribution in [2.45, 2.75) is 6.92 Å². The van der Waals surface area contributed by atoms with Crippen LogP contribution < -0.4 is 5.32 Å². The van der Waals surface area contributed by atoms with Gasteiger partial charge < -0.3 is 5.32 Å². The van der Waals surface area contributed by atoms with Gasteiger partial charge in [0.05, 0.1) is 0 Å². The largest absolute Gasteiger partial charge is 0.308 e. The summed E-state index contributed by atoms with van der Waals surface area (Å²) < 4.78 is 0. The molecule has 0 aromatic carbocycles. The van der Waals surface area contributed by atoms with Crippen molar-refractivity contribution in [2.75, 3.05) is 7.05 Å². The first-order chi connectivity index (χ1) is 4.70. The lowest BCUT2D eigenvalue weighted by atomic mass is 10.8. The van der Waals surface area contributed by atoms with Gasteiger partial charge in [-0.2, -0.15) is 0 Å². The maximum Gasteiger partial charge on any atom is 0.213 e. The fourth-order valence-electron chi connectivity index (χ4n) is 0.355. The van der Waals surface area contributed by atoms with E-state index in [0.717, 1.165) is 4.91 Å². The van der Waals surface area contributed by atoms with E-state index >= 15 is 0 Å². The van der Waals surface area contributed by atoms with Gasteiger partial charge in [-0.15, -0.1) is 0 Å². The van der Waals surface area contributed by atoms with Gasteiger partial charge in [-0.1, -0.05) is 18.3 Å². The van der Waals surface area contributed by atoms with Crippen LogP contribution in [0.3, 0.4) is 0 Å². The number of hydrogen-bond donors (Lipinski definition) is 1. The lowest BCUT2D eigenvalue weighted by Gasteiger charge is -1.99. The number of allylic oxidation sites excluding steroid dienone is 1. The Kier molecular flexibility index (Phi) is 4.66. The van der Waals surface area contributed by atoms with E-state index in [2.05, 4.69) is 16.9 Å². The summed E-state index contributed by atoms with van der Waals surface area (Å²) in [7, 11) is 1.61. The number of nitrogens with zero attached hydrogens (tertiary/aromatic N) is 1. The second kappa shape index (κ2) is 5.05. The molecular formula is C6H10N2OS. The Hall–Kier alpha value is -0.770. The molecule has 0 aromatic rings. The number of aliphatic imine (C=N–C) groups is 1.